The average Bonchev–Trinajstić information content (AvgIpc) is 2.97. The molecule has 0 spiro atoms. The number of hydrogen-bond donors (Lipinski definition) is 1. The zero-order valence-corrected chi connectivity index (χ0v) is 11.8. The third-order valence-electron chi connectivity index (χ3n) is 3.59. The van der Waals surface area contributed by atoms with Crippen LogP contribution in [-0.4, -0.2) is 51.3 Å². The monoisotopic (exact) mass is 279 g/mol. The second kappa shape index (κ2) is 7.02. The highest BCUT2D eigenvalue weighted by atomic mass is 16.2. The summed E-state index contributed by atoms with van der Waals surface area (Å²) in [7, 11) is 0. The molecule has 1 atom stereocenters. The van der Waals surface area contributed by atoms with Crippen molar-refractivity contribution in [2.45, 2.75) is 32.7 Å². The highest BCUT2D eigenvalue weighted by Crippen LogP contribution is 2.17. The number of rotatable bonds is 6. The lowest BCUT2D eigenvalue weighted by Crippen LogP contribution is -2.45. The fourth-order valence-electron chi connectivity index (χ4n) is 2.38. The highest BCUT2D eigenvalue weighted by molar-refractivity contribution is 5.83. The summed E-state index contributed by atoms with van der Waals surface area (Å²) in [5, 5.41) is 10.5. The summed E-state index contributed by atoms with van der Waals surface area (Å²) in [5.41, 5.74) is 0. The topological polar surface area (TPSA) is 80.1 Å². The van der Waals surface area contributed by atoms with E-state index >= 15 is 0 Å². The Morgan fingerprint density at radius 3 is 3.10 bits per heavy atom. The molecular weight excluding hydrogens is 258 g/mol. The molecule has 7 nitrogen and oxygen atoms in total. The number of hydrogen-bond acceptors (Lipinski definition) is 4. The van der Waals surface area contributed by atoms with Gasteiger partial charge in [-0.25, -0.2) is 0 Å². The smallest absolute Gasteiger partial charge is 0.224 e. The molecule has 0 saturated carbocycles. The maximum absolute atomic E-state index is 12.0. The minimum Gasteiger partial charge on any atom is -0.356 e. The van der Waals surface area contributed by atoms with Crippen molar-refractivity contribution in [1.29, 1.82) is 0 Å². The first kappa shape index (κ1) is 14.5. The van der Waals surface area contributed by atoms with E-state index in [0.29, 0.717) is 32.5 Å². The van der Waals surface area contributed by atoms with Gasteiger partial charge >= 0.3 is 0 Å². The first-order chi connectivity index (χ1) is 9.70. The van der Waals surface area contributed by atoms with Crippen molar-refractivity contribution < 1.29 is 9.59 Å². The second-order valence-corrected chi connectivity index (χ2v) is 4.98. The SMILES string of the molecule is CCN1C[C@@H](C(=O)NCCCn2ccnn2)CCC1=O. The van der Waals surface area contributed by atoms with Gasteiger partial charge in [-0.15, -0.1) is 5.10 Å². The van der Waals surface area contributed by atoms with E-state index in [1.165, 1.54) is 0 Å². The van der Waals surface area contributed by atoms with E-state index in [-0.39, 0.29) is 17.7 Å². The Hall–Kier alpha value is -1.92. The van der Waals surface area contributed by atoms with Gasteiger partial charge in [-0.05, 0) is 19.8 Å². The van der Waals surface area contributed by atoms with E-state index in [0.717, 1.165) is 13.0 Å². The molecule has 1 fully saturated rings. The molecule has 0 unspecified atom stereocenters. The number of amides is 2. The van der Waals surface area contributed by atoms with Crippen LogP contribution in [0.5, 0.6) is 0 Å². The largest absolute Gasteiger partial charge is 0.356 e. The van der Waals surface area contributed by atoms with E-state index < -0.39 is 0 Å². The molecule has 0 bridgehead atoms. The van der Waals surface area contributed by atoms with Gasteiger partial charge in [0.15, 0.2) is 0 Å². The van der Waals surface area contributed by atoms with Crippen LogP contribution in [0.1, 0.15) is 26.2 Å². The van der Waals surface area contributed by atoms with Crippen LogP contribution >= 0.6 is 0 Å². The zero-order valence-electron chi connectivity index (χ0n) is 11.8. The molecule has 7 heteroatoms. The number of carbonyl (C=O) groups is 2. The molecule has 1 N–H and O–H groups in total. The van der Waals surface area contributed by atoms with Crippen molar-refractivity contribution in [3.05, 3.63) is 12.4 Å². The van der Waals surface area contributed by atoms with Crippen LogP contribution in [0, 0.1) is 5.92 Å². The second-order valence-electron chi connectivity index (χ2n) is 4.98. The van der Waals surface area contributed by atoms with Crippen molar-refractivity contribution in [1.82, 2.24) is 25.2 Å². The molecule has 2 heterocycles. The molecule has 0 aromatic carbocycles. The summed E-state index contributed by atoms with van der Waals surface area (Å²) in [5.74, 6) is 0.135. The van der Waals surface area contributed by atoms with E-state index in [2.05, 4.69) is 15.6 Å². The van der Waals surface area contributed by atoms with Gasteiger partial charge in [0.1, 0.15) is 0 Å². The lowest BCUT2D eigenvalue weighted by molar-refractivity contribution is -0.138. The summed E-state index contributed by atoms with van der Waals surface area (Å²) >= 11 is 0. The maximum Gasteiger partial charge on any atom is 0.224 e. The number of likely N-dealkylation sites (tertiary alicyclic amines) is 1. The first-order valence-electron chi connectivity index (χ1n) is 7.10. The van der Waals surface area contributed by atoms with Crippen molar-refractivity contribution in [2.24, 2.45) is 5.92 Å². The normalized spacial score (nSPS) is 19.1. The molecule has 1 aliphatic heterocycles. The fraction of sp³-hybridized carbons (Fsp3) is 0.692. The minimum atomic E-state index is -0.0704. The standard InChI is InChI=1S/C13H21N5O2/c1-2-17-10-11(4-5-12(17)19)13(20)14-6-3-8-18-9-7-15-16-18/h7,9,11H,2-6,8,10H2,1H3,(H,14,20)/t11-/m0/s1. The summed E-state index contributed by atoms with van der Waals surface area (Å²) < 4.78 is 1.74. The van der Waals surface area contributed by atoms with Crippen molar-refractivity contribution >= 4 is 11.8 Å². The van der Waals surface area contributed by atoms with Crippen LogP contribution in [-0.2, 0) is 16.1 Å². The third-order valence-corrected chi connectivity index (χ3v) is 3.59. The number of carbonyl (C=O) groups excluding carboxylic acids is 2. The number of nitrogens with one attached hydrogen (secondary N) is 1. The first-order valence-corrected chi connectivity index (χ1v) is 7.10. The Bertz CT molecular complexity index is 446. The number of aryl methyl sites for hydroxylation is 1. The maximum atomic E-state index is 12.0. The number of piperidine rings is 1. The minimum absolute atomic E-state index is 0.0505. The van der Waals surface area contributed by atoms with Gasteiger partial charge in [0.2, 0.25) is 11.8 Å². The van der Waals surface area contributed by atoms with Gasteiger partial charge in [0, 0.05) is 38.8 Å². The van der Waals surface area contributed by atoms with E-state index in [1.54, 1.807) is 22.0 Å². The van der Waals surface area contributed by atoms with Gasteiger partial charge in [-0.2, -0.15) is 0 Å². The fourth-order valence-corrected chi connectivity index (χ4v) is 2.38. The molecular formula is C13H21N5O2. The van der Waals surface area contributed by atoms with Crippen LogP contribution in [0.4, 0.5) is 0 Å². The molecule has 20 heavy (non-hydrogen) atoms. The molecule has 0 radical (unpaired) electrons. The third kappa shape index (κ3) is 3.79. The van der Waals surface area contributed by atoms with Gasteiger partial charge < -0.3 is 10.2 Å². The van der Waals surface area contributed by atoms with Gasteiger partial charge in [0.05, 0.1) is 12.1 Å². The van der Waals surface area contributed by atoms with Crippen molar-refractivity contribution in [2.75, 3.05) is 19.6 Å². The van der Waals surface area contributed by atoms with Gasteiger partial charge in [-0.3, -0.25) is 14.3 Å². The Morgan fingerprint density at radius 2 is 2.40 bits per heavy atom. The van der Waals surface area contributed by atoms with Crippen molar-refractivity contribution in [3.63, 3.8) is 0 Å². The molecule has 2 rings (SSSR count). The van der Waals surface area contributed by atoms with Gasteiger partial charge in [-0.1, -0.05) is 5.21 Å². The predicted octanol–water partition coefficient (Wildman–Crippen LogP) is 0.0429. The predicted molar refractivity (Wildman–Crippen MR) is 72.6 cm³/mol. The Balaban J connectivity index is 1.68. The molecule has 110 valence electrons. The Labute approximate surface area is 118 Å². The molecule has 1 saturated heterocycles. The molecule has 1 aliphatic rings. The molecule has 0 aliphatic carbocycles. The lowest BCUT2D eigenvalue weighted by atomic mass is 9.96. The molecule has 2 amide bonds. The summed E-state index contributed by atoms with van der Waals surface area (Å²) in [6, 6.07) is 0. The number of nitrogens with zero attached hydrogens (tertiary/aromatic N) is 4. The van der Waals surface area contributed by atoms with E-state index in [9.17, 15) is 9.59 Å². The van der Waals surface area contributed by atoms with E-state index in [1.807, 2.05) is 6.92 Å². The van der Waals surface area contributed by atoms with Crippen LogP contribution in [0.2, 0.25) is 0 Å². The van der Waals surface area contributed by atoms with Crippen molar-refractivity contribution in [3.8, 4) is 0 Å². The summed E-state index contributed by atoms with van der Waals surface area (Å²) in [4.78, 5) is 25.4. The Morgan fingerprint density at radius 1 is 1.55 bits per heavy atom. The Kier molecular flexibility index (Phi) is 5.09. The summed E-state index contributed by atoms with van der Waals surface area (Å²) in [6.45, 7) is 4.52. The highest BCUT2D eigenvalue weighted by Gasteiger charge is 2.28. The number of aromatic nitrogens is 3. The van der Waals surface area contributed by atoms with Crippen LogP contribution < -0.4 is 5.32 Å². The quantitative estimate of drug-likeness (QED) is 0.746. The van der Waals surface area contributed by atoms with Crippen LogP contribution in [0.3, 0.4) is 0 Å². The lowest BCUT2D eigenvalue weighted by Gasteiger charge is -2.31. The van der Waals surface area contributed by atoms with E-state index in [4.69, 9.17) is 0 Å². The molecule has 1 aromatic rings. The van der Waals surface area contributed by atoms with Crippen LogP contribution in [0.25, 0.3) is 0 Å². The molecule has 1 aromatic heterocycles. The van der Waals surface area contributed by atoms with Crippen LogP contribution in [0.15, 0.2) is 12.4 Å². The summed E-state index contributed by atoms with van der Waals surface area (Å²) in [6.07, 6.45) is 5.39. The van der Waals surface area contributed by atoms with Gasteiger partial charge in [0.25, 0.3) is 0 Å². The average molecular weight is 279 g/mol. The zero-order chi connectivity index (χ0) is 14.4.